The number of hydrogen-bond acceptors (Lipinski definition) is 6. The van der Waals surface area contributed by atoms with Gasteiger partial charge in [0.05, 0.1) is 11.1 Å². The second kappa shape index (κ2) is 11.2. The Hall–Kier alpha value is -3.78. The predicted molar refractivity (Wildman–Crippen MR) is 183 cm³/mol. The summed E-state index contributed by atoms with van der Waals surface area (Å²) >= 11 is 0. The maximum absolute atomic E-state index is 15.3. The van der Waals surface area contributed by atoms with E-state index in [0.29, 0.717) is 46.5 Å². The molecule has 2 aromatic heterocycles. The number of piperidine rings is 1. The van der Waals surface area contributed by atoms with Crippen molar-refractivity contribution in [1.29, 1.82) is 0 Å². The van der Waals surface area contributed by atoms with Gasteiger partial charge >= 0.3 is 0 Å². The summed E-state index contributed by atoms with van der Waals surface area (Å²) in [7, 11) is 4.35. The first kappa shape index (κ1) is 29.6. The molecule has 3 heterocycles. The monoisotopic (exact) mass is 620 g/mol. The fourth-order valence-electron chi connectivity index (χ4n) is 9.97. The van der Waals surface area contributed by atoms with Crippen molar-refractivity contribution in [1.82, 2.24) is 19.4 Å². The van der Waals surface area contributed by atoms with Gasteiger partial charge in [-0.1, -0.05) is 18.2 Å². The van der Waals surface area contributed by atoms with Gasteiger partial charge in [0.15, 0.2) is 0 Å². The molecule has 240 valence electrons. The second-order valence-corrected chi connectivity index (χ2v) is 15.0. The first-order chi connectivity index (χ1) is 22.2. The van der Waals surface area contributed by atoms with Crippen LogP contribution in [0.5, 0.6) is 0 Å². The zero-order chi connectivity index (χ0) is 31.7. The van der Waals surface area contributed by atoms with Crippen molar-refractivity contribution >= 4 is 28.4 Å². The second-order valence-electron chi connectivity index (χ2n) is 15.0. The van der Waals surface area contributed by atoms with E-state index in [0.717, 1.165) is 49.0 Å². The molecule has 0 unspecified atom stereocenters. The Bertz CT molecular complexity index is 1840. The van der Waals surface area contributed by atoms with Gasteiger partial charge in [0.2, 0.25) is 5.95 Å². The molecule has 0 atom stereocenters. The Morgan fingerprint density at radius 3 is 2.26 bits per heavy atom. The number of hydrogen-bond donors (Lipinski definition) is 1. The highest BCUT2D eigenvalue weighted by Crippen LogP contribution is 2.59. The van der Waals surface area contributed by atoms with Crippen LogP contribution in [0.1, 0.15) is 62.5 Å². The molecule has 5 fully saturated rings. The van der Waals surface area contributed by atoms with E-state index in [1.807, 2.05) is 17.7 Å². The summed E-state index contributed by atoms with van der Waals surface area (Å²) < 4.78 is 17.3. The molecule has 0 radical (unpaired) electrons. The highest BCUT2D eigenvalue weighted by atomic mass is 19.1. The smallest absolute Gasteiger partial charge is 0.260 e. The van der Waals surface area contributed by atoms with Crippen molar-refractivity contribution in [3.8, 4) is 11.1 Å². The molecule has 7 nitrogen and oxygen atoms in total. The van der Waals surface area contributed by atoms with Crippen LogP contribution in [-0.4, -0.2) is 52.7 Å². The third-order valence-corrected chi connectivity index (χ3v) is 11.8. The first-order valence-electron chi connectivity index (χ1n) is 17.2. The fourth-order valence-corrected chi connectivity index (χ4v) is 9.97. The molecular formula is C38H45FN6O. The summed E-state index contributed by atoms with van der Waals surface area (Å²) in [6.07, 6.45) is 10.9. The highest BCUT2D eigenvalue weighted by Gasteiger charge is 2.53. The number of nitrogens with zero attached hydrogens (tertiary/aromatic N) is 5. The van der Waals surface area contributed by atoms with E-state index in [2.05, 4.69) is 54.3 Å². The maximum atomic E-state index is 15.3. The van der Waals surface area contributed by atoms with E-state index >= 15 is 4.39 Å². The third kappa shape index (κ3) is 4.91. The van der Waals surface area contributed by atoms with Gasteiger partial charge in [0.25, 0.3) is 5.56 Å². The number of pyridine rings is 1. The molecule has 4 saturated carbocycles. The van der Waals surface area contributed by atoms with Crippen LogP contribution in [-0.2, 0) is 5.54 Å². The van der Waals surface area contributed by atoms with E-state index in [4.69, 9.17) is 9.97 Å². The summed E-state index contributed by atoms with van der Waals surface area (Å²) in [5, 5.41) is 4.27. The number of anilines is 3. The van der Waals surface area contributed by atoms with Crippen LogP contribution in [0.15, 0.2) is 53.5 Å². The molecule has 5 aliphatic rings. The maximum Gasteiger partial charge on any atom is 0.260 e. The lowest BCUT2D eigenvalue weighted by atomic mass is 9.53. The highest BCUT2D eigenvalue weighted by molar-refractivity contribution is 5.87. The van der Waals surface area contributed by atoms with Gasteiger partial charge in [-0.25, -0.2) is 9.37 Å². The number of aromatic nitrogens is 3. The molecule has 4 aromatic rings. The van der Waals surface area contributed by atoms with Crippen molar-refractivity contribution in [2.75, 3.05) is 37.4 Å². The SMILES string of the molecule is Cc1cc(Nc2ncc3c(C)c(-c4ccccc4F)c(=O)n(C45CC6CC(CC(C6)C4)C5)c3n2)ccc1N1CCC(N(C)C)CC1. The molecule has 8 heteroatoms. The lowest BCUT2D eigenvalue weighted by molar-refractivity contribution is -0.0426. The minimum absolute atomic E-state index is 0.125. The van der Waals surface area contributed by atoms with Crippen molar-refractivity contribution in [2.45, 2.75) is 76.8 Å². The van der Waals surface area contributed by atoms with E-state index in [1.165, 1.54) is 49.4 Å². The molecule has 0 spiro atoms. The normalized spacial score (nSPS) is 26.0. The lowest BCUT2D eigenvalue weighted by Crippen LogP contribution is -2.55. The van der Waals surface area contributed by atoms with Gasteiger partial charge in [0.1, 0.15) is 11.5 Å². The number of rotatable bonds is 6. The summed E-state index contributed by atoms with van der Waals surface area (Å²) in [6.45, 7) is 6.19. The first-order valence-corrected chi connectivity index (χ1v) is 17.2. The Balaban J connectivity index is 1.19. The van der Waals surface area contributed by atoms with Crippen LogP contribution in [0.2, 0.25) is 0 Å². The van der Waals surface area contributed by atoms with Crippen LogP contribution in [0.25, 0.3) is 22.2 Å². The number of fused-ring (bicyclic) bond motifs is 1. The summed E-state index contributed by atoms with van der Waals surface area (Å²) in [5.41, 5.74) is 5.18. The van der Waals surface area contributed by atoms with E-state index in [1.54, 1.807) is 18.2 Å². The van der Waals surface area contributed by atoms with Gasteiger partial charge in [-0.2, -0.15) is 4.98 Å². The molecule has 2 aromatic carbocycles. The van der Waals surface area contributed by atoms with Gasteiger partial charge in [-0.05, 0) is 132 Å². The Morgan fingerprint density at radius 1 is 0.957 bits per heavy atom. The van der Waals surface area contributed by atoms with Crippen LogP contribution in [0.4, 0.5) is 21.7 Å². The van der Waals surface area contributed by atoms with Gasteiger partial charge in [-0.15, -0.1) is 0 Å². The van der Waals surface area contributed by atoms with Crippen LogP contribution in [0.3, 0.4) is 0 Å². The topological polar surface area (TPSA) is 66.3 Å². The largest absolute Gasteiger partial charge is 0.371 e. The van der Waals surface area contributed by atoms with E-state index in [-0.39, 0.29) is 16.9 Å². The van der Waals surface area contributed by atoms with Crippen molar-refractivity contribution in [3.05, 3.63) is 76.0 Å². The number of aryl methyl sites for hydroxylation is 2. The zero-order valence-corrected chi connectivity index (χ0v) is 27.5. The minimum atomic E-state index is -0.376. The molecule has 4 aliphatic carbocycles. The third-order valence-electron chi connectivity index (χ3n) is 11.8. The lowest BCUT2D eigenvalue weighted by Gasteiger charge is -2.57. The van der Waals surface area contributed by atoms with Crippen LogP contribution < -0.4 is 15.8 Å². The van der Waals surface area contributed by atoms with Crippen molar-refractivity contribution in [2.24, 2.45) is 17.8 Å². The molecule has 46 heavy (non-hydrogen) atoms. The van der Waals surface area contributed by atoms with Gasteiger partial charge in [0, 0.05) is 47.7 Å². The summed E-state index contributed by atoms with van der Waals surface area (Å²) in [6, 6.07) is 13.8. The van der Waals surface area contributed by atoms with Gasteiger partial charge in [-0.3, -0.25) is 9.36 Å². The quantitative estimate of drug-likeness (QED) is 0.242. The molecule has 1 N–H and O–H groups in total. The fraction of sp³-hybridized carbons (Fsp3) is 0.500. The number of halogens is 1. The van der Waals surface area contributed by atoms with E-state index < -0.39 is 0 Å². The molecule has 9 rings (SSSR count). The average Bonchev–Trinajstić information content (AvgIpc) is 3.01. The molecule has 0 amide bonds. The molecule has 1 aliphatic heterocycles. The Kier molecular flexibility index (Phi) is 7.20. The summed E-state index contributed by atoms with van der Waals surface area (Å²) in [5.74, 6) is 2.02. The molecule has 1 saturated heterocycles. The number of nitrogens with one attached hydrogen (secondary N) is 1. The van der Waals surface area contributed by atoms with E-state index in [9.17, 15) is 4.79 Å². The Morgan fingerprint density at radius 2 is 1.63 bits per heavy atom. The Labute approximate surface area is 270 Å². The molecule has 4 bridgehead atoms. The van der Waals surface area contributed by atoms with Crippen LogP contribution in [0, 0.1) is 37.4 Å². The minimum Gasteiger partial charge on any atom is -0.371 e. The zero-order valence-electron chi connectivity index (χ0n) is 27.5. The summed E-state index contributed by atoms with van der Waals surface area (Å²) in [4.78, 5) is 29.4. The van der Waals surface area contributed by atoms with Gasteiger partial charge < -0.3 is 15.1 Å². The van der Waals surface area contributed by atoms with Crippen molar-refractivity contribution in [3.63, 3.8) is 0 Å². The van der Waals surface area contributed by atoms with Crippen molar-refractivity contribution < 1.29 is 4.39 Å². The number of benzene rings is 2. The predicted octanol–water partition coefficient (Wildman–Crippen LogP) is 7.41. The van der Waals surface area contributed by atoms with Crippen LogP contribution >= 0.6 is 0 Å². The average molecular weight is 621 g/mol. The molecular weight excluding hydrogens is 575 g/mol. The standard InChI is InChI=1S/C38H45FN6O/c1-23-15-28(9-10-33(23)44-13-11-29(12-14-44)43(3)4)41-37-40-22-31-24(2)34(30-7-5-6-8-32(30)39)36(46)45(35(31)42-37)38-19-25-16-26(20-38)18-27(17-25)21-38/h5-10,15,22,25-27,29H,11-14,16-21H2,1-4H3,(H,40,41,42).